The number of rotatable bonds is 4. The van der Waals surface area contributed by atoms with Crippen molar-refractivity contribution in [3.05, 3.63) is 0 Å². The van der Waals surface area contributed by atoms with Gasteiger partial charge in [-0.3, -0.25) is 4.79 Å². The standard InChI is InChI=1S/C11H18N2O5S/c1-11(2,3)19(17,18)7-6-13-9(14)5-4-8(12-13)10(15)16/h4-7H2,1-3H3,(H,15,16). The SMILES string of the molecule is CC(C)(C)S(=O)(=O)CCN1N=C(C(=O)O)CCC1=O. The Morgan fingerprint density at radius 2 is 1.95 bits per heavy atom. The van der Waals surface area contributed by atoms with Gasteiger partial charge in [0.2, 0.25) is 5.91 Å². The molecule has 0 unspecified atom stereocenters. The summed E-state index contributed by atoms with van der Waals surface area (Å²) in [6, 6.07) is 0. The largest absolute Gasteiger partial charge is 0.477 e. The quantitative estimate of drug-likeness (QED) is 0.800. The molecule has 0 saturated heterocycles. The fourth-order valence-electron chi connectivity index (χ4n) is 1.44. The van der Waals surface area contributed by atoms with Crippen molar-refractivity contribution in [1.82, 2.24) is 5.01 Å². The van der Waals surface area contributed by atoms with E-state index in [-0.39, 0.29) is 36.8 Å². The van der Waals surface area contributed by atoms with Crippen molar-refractivity contribution < 1.29 is 23.1 Å². The number of hydrogen-bond acceptors (Lipinski definition) is 5. The maximum atomic E-state index is 11.9. The highest BCUT2D eigenvalue weighted by atomic mass is 32.2. The molecule has 0 bridgehead atoms. The number of carbonyl (C=O) groups excluding carboxylic acids is 1. The van der Waals surface area contributed by atoms with Crippen LogP contribution < -0.4 is 0 Å². The third-order valence-corrected chi connectivity index (χ3v) is 5.44. The second-order valence-electron chi connectivity index (χ2n) is 5.30. The molecule has 1 rings (SSSR count). The van der Waals surface area contributed by atoms with E-state index in [1.165, 1.54) is 0 Å². The molecule has 1 heterocycles. The number of hydrogen-bond donors (Lipinski definition) is 1. The third kappa shape index (κ3) is 3.76. The van der Waals surface area contributed by atoms with E-state index in [0.29, 0.717) is 0 Å². The molecule has 0 aliphatic carbocycles. The van der Waals surface area contributed by atoms with Crippen LogP contribution in [-0.2, 0) is 19.4 Å². The summed E-state index contributed by atoms with van der Waals surface area (Å²) in [4.78, 5) is 22.3. The number of hydrazone groups is 1. The van der Waals surface area contributed by atoms with E-state index in [2.05, 4.69) is 5.10 Å². The van der Waals surface area contributed by atoms with Crippen LogP contribution in [0.5, 0.6) is 0 Å². The van der Waals surface area contributed by atoms with Crippen LogP contribution >= 0.6 is 0 Å². The summed E-state index contributed by atoms with van der Waals surface area (Å²) in [6.45, 7) is 4.61. The lowest BCUT2D eigenvalue weighted by molar-refractivity contribution is -0.132. The normalized spacial score (nSPS) is 17.3. The van der Waals surface area contributed by atoms with Gasteiger partial charge in [0, 0.05) is 12.8 Å². The molecular weight excluding hydrogens is 272 g/mol. The molecule has 0 radical (unpaired) electrons. The molecule has 0 fully saturated rings. The van der Waals surface area contributed by atoms with Gasteiger partial charge >= 0.3 is 5.97 Å². The summed E-state index contributed by atoms with van der Waals surface area (Å²) in [5.74, 6) is -1.77. The highest BCUT2D eigenvalue weighted by Gasteiger charge is 2.31. The van der Waals surface area contributed by atoms with E-state index in [4.69, 9.17) is 5.11 Å². The number of nitrogens with zero attached hydrogens (tertiary/aromatic N) is 2. The molecule has 19 heavy (non-hydrogen) atoms. The average molecular weight is 290 g/mol. The van der Waals surface area contributed by atoms with Crippen molar-refractivity contribution in [2.75, 3.05) is 12.3 Å². The molecule has 1 amide bonds. The van der Waals surface area contributed by atoms with E-state index in [9.17, 15) is 18.0 Å². The molecule has 8 heteroatoms. The van der Waals surface area contributed by atoms with E-state index < -0.39 is 20.6 Å². The van der Waals surface area contributed by atoms with Crippen molar-refractivity contribution in [1.29, 1.82) is 0 Å². The lowest BCUT2D eigenvalue weighted by Crippen LogP contribution is -2.40. The molecular formula is C11H18N2O5S. The summed E-state index contributed by atoms with van der Waals surface area (Å²) in [6.07, 6.45) is 0.122. The summed E-state index contributed by atoms with van der Waals surface area (Å²) in [7, 11) is -3.37. The van der Waals surface area contributed by atoms with Crippen LogP contribution in [0.4, 0.5) is 0 Å². The minimum absolute atomic E-state index is 0.0424. The smallest absolute Gasteiger partial charge is 0.352 e. The fourth-order valence-corrected chi connectivity index (χ4v) is 2.47. The van der Waals surface area contributed by atoms with Crippen LogP contribution in [0.25, 0.3) is 0 Å². The number of aliphatic carboxylic acids is 1. The molecule has 0 spiro atoms. The molecule has 0 atom stereocenters. The van der Waals surface area contributed by atoms with Crippen LogP contribution in [0.2, 0.25) is 0 Å². The molecule has 0 aromatic heterocycles. The molecule has 7 nitrogen and oxygen atoms in total. The third-order valence-electron chi connectivity index (χ3n) is 2.86. The maximum absolute atomic E-state index is 11.9. The number of carboxylic acids is 1. The summed E-state index contributed by atoms with van der Waals surface area (Å²) in [5, 5.41) is 13.4. The highest BCUT2D eigenvalue weighted by Crippen LogP contribution is 2.17. The highest BCUT2D eigenvalue weighted by molar-refractivity contribution is 7.92. The number of amides is 1. The minimum atomic E-state index is -3.37. The Balaban J connectivity index is 2.79. The van der Waals surface area contributed by atoms with Gasteiger partial charge in [0.15, 0.2) is 9.84 Å². The molecule has 0 aromatic carbocycles. The van der Waals surface area contributed by atoms with Crippen LogP contribution in [0.1, 0.15) is 33.6 Å². The number of sulfone groups is 1. The Hall–Kier alpha value is -1.44. The van der Waals surface area contributed by atoms with E-state index in [0.717, 1.165) is 5.01 Å². The lowest BCUT2D eigenvalue weighted by Gasteiger charge is -2.24. The summed E-state index contributed by atoms with van der Waals surface area (Å²) in [5.41, 5.74) is -0.118. The number of carboxylic acid groups (broad SMARTS) is 1. The van der Waals surface area contributed by atoms with Crippen molar-refractivity contribution in [3.8, 4) is 0 Å². The molecule has 1 N–H and O–H groups in total. The first-order chi connectivity index (χ1) is 8.54. The Kier molecular flexibility index (Phi) is 4.34. The predicted molar refractivity (Wildman–Crippen MR) is 69.6 cm³/mol. The van der Waals surface area contributed by atoms with Gasteiger partial charge in [-0.25, -0.2) is 18.2 Å². The Morgan fingerprint density at radius 1 is 1.37 bits per heavy atom. The topological polar surface area (TPSA) is 104 Å². The van der Waals surface area contributed by atoms with Gasteiger partial charge in [-0.05, 0) is 20.8 Å². The molecule has 1 aliphatic heterocycles. The van der Waals surface area contributed by atoms with Crippen LogP contribution in [0.15, 0.2) is 5.10 Å². The van der Waals surface area contributed by atoms with Crippen LogP contribution in [-0.4, -0.2) is 53.2 Å². The van der Waals surface area contributed by atoms with E-state index in [1.54, 1.807) is 20.8 Å². The van der Waals surface area contributed by atoms with Gasteiger partial charge in [-0.15, -0.1) is 0 Å². The second kappa shape index (κ2) is 5.28. The minimum Gasteiger partial charge on any atom is -0.477 e. The molecule has 0 aromatic rings. The van der Waals surface area contributed by atoms with Crippen molar-refractivity contribution >= 4 is 27.4 Å². The van der Waals surface area contributed by atoms with Gasteiger partial charge in [-0.2, -0.15) is 5.10 Å². The second-order valence-corrected chi connectivity index (χ2v) is 8.16. The zero-order valence-corrected chi connectivity index (χ0v) is 12.0. The predicted octanol–water partition coefficient (Wildman–Crippen LogP) is 0.263. The van der Waals surface area contributed by atoms with Gasteiger partial charge in [0.1, 0.15) is 5.71 Å². The van der Waals surface area contributed by atoms with Crippen molar-refractivity contribution in [2.45, 2.75) is 38.4 Å². The zero-order chi connectivity index (χ0) is 14.8. The number of carbonyl (C=O) groups is 2. The summed E-state index contributed by atoms with van der Waals surface area (Å²) < 4.78 is 22.9. The fraction of sp³-hybridized carbons (Fsp3) is 0.727. The van der Waals surface area contributed by atoms with Gasteiger partial charge in [0.05, 0.1) is 17.0 Å². The molecule has 1 aliphatic rings. The molecule has 0 saturated carbocycles. The Labute approximate surface area is 112 Å². The maximum Gasteiger partial charge on any atom is 0.352 e. The lowest BCUT2D eigenvalue weighted by atomic mass is 10.2. The van der Waals surface area contributed by atoms with Crippen LogP contribution in [0.3, 0.4) is 0 Å². The Morgan fingerprint density at radius 3 is 2.42 bits per heavy atom. The zero-order valence-electron chi connectivity index (χ0n) is 11.2. The monoisotopic (exact) mass is 290 g/mol. The van der Waals surface area contributed by atoms with Gasteiger partial charge < -0.3 is 5.11 Å². The Bertz CT molecular complexity index is 516. The van der Waals surface area contributed by atoms with Gasteiger partial charge in [-0.1, -0.05) is 0 Å². The van der Waals surface area contributed by atoms with Crippen molar-refractivity contribution in [2.24, 2.45) is 5.10 Å². The average Bonchev–Trinajstić information content (AvgIpc) is 2.26. The summed E-state index contributed by atoms with van der Waals surface area (Å²) >= 11 is 0. The van der Waals surface area contributed by atoms with E-state index >= 15 is 0 Å². The van der Waals surface area contributed by atoms with Crippen molar-refractivity contribution in [3.63, 3.8) is 0 Å². The molecule has 108 valence electrons. The first kappa shape index (κ1) is 15.6. The van der Waals surface area contributed by atoms with Gasteiger partial charge in [0.25, 0.3) is 0 Å². The van der Waals surface area contributed by atoms with E-state index in [1.807, 2.05) is 0 Å². The first-order valence-corrected chi connectivity index (χ1v) is 7.53. The van der Waals surface area contributed by atoms with Crippen LogP contribution in [0, 0.1) is 0 Å². The first-order valence-electron chi connectivity index (χ1n) is 5.88.